The highest BCUT2D eigenvalue weighted by molar-refractivity contribution is 7.99. The van der Waals surface area contributed by atoms with Crippen LogP contribution >= 0.6 is 23.4 Å². The van der Waals surface area contributed by atoms with Crippen LogP contribution in [-0.4, -0.2) is 40.5 Å². The number of thioether (sulfide) groups is 1. The van der Waals surface area contributed by atoms with Crippen molar-refractivity contribution in [3.63, 3.8) is 0 Å². The van der Waals surface area contributed by atoms with Crippen molar-refractivity contribution < 1.29 is 4.79 Å². The summed E-state index contributed by atoms with van der Waals surface area (Å²) in [5.41, 5.74) is 3.64. The summed E-state index contributed by atoms with van der Waals surface area (Å²) < 4.78 is 1.94. The van der Waals surface area contributed by atoms with Crippen LogP contribution < -0.4 is 10.2 Å². The number of anilines is 2. The Morgan fingerprint density at radius 1 is 0.969 bits per heavy atom. The van der Waals surface area contributed by atoms with Gasteiger partial charge in [0.1, 0.15) is 0 Å². The summed E-state index contributed by atoms with van der Waals surface area (Å²) in [5.74, 6) is 0.797. The normalized spacial score (nSPS) is 10.7. The van der Waals surface area contributed by atoms with E-state index in [-0.39, 0.29) is 11.7 Å². The minimum Gasteiger partial charge on any atom is -0.378 e. The van der Waals surface area contributed by atoms with Gasteiger partial charge in [-0.1, -0.05) is 53.7 Å². The SMILES string of the molecule is CN(C)c1ccc(NC(=O)CSc2nnc(-c3ccccc3)n2-c2ccc(Cl)cc2)cc1. The molecule has 0 aliphatic heterocycles. The van der Waals surface area contributed by atoms with Crippen LogP contribution in [-0.2, 0) is 4.79 Å². The van der Waals surface area contributed by atoms with Crippen LogP contribution in [0.25, 0.3) is 17.1 Å². The molecule has 0 aliphatic rings. The van der Waals surface area contributed by atoms with Crippen molar-refractivity contribution >= 4 is 40.6 Å². The zero-order chi connectivity index (χ0) is 22.5. The highest BCUT2D eigenvalue weighted by Crippen LogP contribution is 2.28. The van der Waals surface area contributed by atoms with Gasteiger partial charge in [-0.3, -0.25) is 9.36 Å². The Labute approximate surface area is 196 Å². The van der Waals surface area contributed by atoms with Crippen molar-refractivity contribution in [2.45, 2.75) is 5.16 Å². The van der Waals surface area contributed by atoms with Gasteiger partial charge < -0.3 is 10.2 Å². The van der Waals surface area contributed by atoms with Crippen molar-refractivity contribution in [3.05, 3.63) is 83.9 Å². The maximum Gasteiger partial charge on any atom is 0.234 e. The van der Waals surface area contributed by atoms with E-state index in [0.717, 1.165) is 22.6 Å². The Balaban J connectivity index is 1.53. The molecule has 1 heterocycles. The molecule has 0 unspecified atom stereocenters. The van der Waals surface area contributed by atoms with Gasteiger partial charge in [0.2, 0.25) is 5.91 Å². The van der Waals surface area contributed by atoms with Gasteiger partial charge in [0.15, 0.2) is 11.0 Å². The number of hydrogen-bond acceptors (Lipinski definition) is 5. The molecule has 0 aliphatic carbocycles. The number of hydrogen-bond donors (Lipinski definition) is 1. The van der Waals surface area contributed by atoms with E-state index in [0.29, 0.717) is 16.0 Å². The van der Waals surface area contributed by atoms with E-state index in [9.17, 15) is 4.79 Å². The van der Waals surface area contributed by atoms with Crippen LogP contribution in [0.15, 0.2) is 84.0 Å². The molecule has 8 heteroatoms. The molecule has 0 spiro atoms. The molecule has 0 atom stereocenters. The molecule has 1 N–H and O–H groups in total. The molecule has 4 aromatic rings. The van der Waals surface area contributed by atoms with Crippen LogP contribution in [0.1, 0.15) is 0 Å². The van der Waals surface area contributed by atoms with E-state index in [2.05, 4.69) is 15.5 Å². The summed E-state index contributed by atoms with van der Waals surface area (Å²) in [5, 5.41) is 13.0. The van der Waals surface area contributed by atoms with Crippen LogP contribution in [0.2, 0.25) is 5.02 Å². The summed E-state index contributed by atoms with van der Waals surface area (Å²) in [6.45, 7) is 0. The summed E-state index contributed by atoms with van der Waals surface area (Å²) in [6.07, 6.45) is 0. The van der Waals surface area contributed by atoms with E-state index < -0.39 is 0 Å². The second kappa shape index (κ2) is 9.89. The average molecular weight is 464 g/mol. The number of nitrogens with zero attached hydrogens (tertiary/aromatic N) is 4. The highest BCUT2D eigenvalue weighted by atomic mass is 35.5. The monoisotopic (exact) mass is 463 g/mol. The lowest BCUT2D eigenvalue weighted by Crippen LogP contribution is -2.15. The van der Waals surface area contributed by atoms with E-state index in [1.807, 2.05) is 102 Å². The molecular weight excluding hydrogens is 442 g/mol. The lowest BCUT2D eigenvalue weighted by Gasteiger charge is -2.13. The van der Waals surface area contributed by atoms with Gasteiger partial charge in [-0.15, -0.1) is 10.2 Å². The fourth-order valence-electron chi connectivity index (χ4n) is 3.13. The molecule has 6 nitrogen and oxygen atoms in total. The summed E-state index contributed by atoms with van der Waals surface area (Å²) in [6, 6.07) is 25.0. The first kappa shape index (κ1) is 21.9. The Morgan fingerprint density at radius 2 is 1.66 bits per heavy atom. The number of aromatic nitrogens is 3. The standard InChI is InChI=1S/C24H22ClN5OS/c1-29(2)20-14-10-19(11-15-20)26-22(31)16-32-24-28-27-23(17-6-4-3-5-7-17)30(24)21-12-8-18(25)9-13-21/h3-15H,16H2,1-2H3,(H,26,31). The average Bonchev–Trinajstić information content (AvgIpc) is 3.23. The Morgan fingerprint density at radius 3 is 2.31 bits per heavy atom. The quantitative estimate of drug-likeness (QED) is 0.372. The first-order valence-corrected chi connectivity index (χ1v) is 11.3. The molecule has 162 valence electrons. The first-order chi connectivity index (χ1) is 15.5. The van der Waals surface area contributed by atoms with Gasteiger partial charge in [0, 0.05) is 41.7 Å². The molecule has 4 rings (SSSR count). The maximum atomic E-state index is 12.6. The summed E-state index contributed by atoms with van der Waals surface area (Å²) in [7, 11) is 3.95. The van der Waals surface area contributed by atoms with Gasteiger partial charge in [0.05, 0.1) is 5.75 Å². The third-order valence-corrected chi connectivity index (χ3v) is 5.93. The van der Waals surface area contributed by atoms with E-state index in [1.165, 1.54) is 11.8 Å². The van der Waals surface area contributed by atoms with Gasteiger partial charge >= 0.3 is 0 Å². The minimum atomic E-state index is -0.112. The Bertz CT molecular complexity index is 1190. The smallest absolute Gasteiger partial charge is 0.234 e. The predicted octanol–water partition coefficient (Wildman–Crippen LogP) is 5.38. The molecule has 0 fully saturated rings. The molecule has 1 amide bonds. The van der Waals surface area contributed by atoms with Crippen molar-refractivity contribution in [1.82, 2.24) is 14.8 Å². The van der Waals surface area contributed by atoms with Gasteiger partial charge in [-0.2, -0.15) is 0 Å². The van der Waals surface area contributed by atoms with Crippen LogP contribution in [0, 0.1) is 0 Å². The van der Waals surface area contributed by atoms with Gasteiger partial charge in [0.25, 0.3) is 0 Å². The van der Waals surface area contributed by atoms with Crippen LogP contribution in [0.3, 0.4) is 0 Å². The number of amides is 1. The molecule has 3 aromatic carbocycles. The third-order valence-electron chi connectivity index (χ3n) is 4.75. The molecule has 0 radical (unpaired) electrons. The summed E-state index contributed by atoms with van der Waals surface area (Å²) in [4.78, 5) is 14.6. The number of halogens is 1. The molecule has 0 bridgehead atoms. The molecule has 0 saturated heterocycles. The molecular formula is C24H22ClN5OS. The topological polar surface area (TPSA) is 63.1 Å². The molecule has 0 saturated carbocycles. The third kappa shape index (κ3) is 5.12. The van der Waals surface area contributed by atoms with Crippen molar-refractivity contribution in [1.29, 1.82) is 0 Å². The first-order valence-electron chi connectivity index (χ1n) is 9.98. The number of rotatable bonds is 7. The minimum absolute atomic E-state index is 0.112. The van der Waals surface area contributed by atoms with Crippen molar-refractivity contribution in [2.75, 3.05) is 30.1 Å². The second-order valence-corrected chi connectivity index (χ2v) is 8.64. The molecule has 1 aromatic heterocycles. The van der Waals surface area contributed by atoms with E-state index >= 15 is 0 Å². The predicted molar refractivity (Wildman–Crippen MR) is 132 cm³/mol. The van der Waals surface area contributed by atoms with Crippen LogP contribution in [0.4, 0.5) is 11.4 Å². The Kier molecular flexibility index (Phi) is 6.78. The lowest BCUT2D eigenvalue weighted by molar-refractivity contribution is -0.113. The number of nitrogens with one attached hydrogen (secondary N) is 1. The maximum absolute atomic E-state index is 12.6. The van der Waals surface area contributed by atoms with E-state index in [4.69, 9.17) is 11.6 Å². The number of carbonyl (C=O) groups is 1. The lowest BCUT2D eigenvalue weighted by atomic mass is 10.2. The zero-order valence-corrected chi connectivity index (χ0v) is 19.3. The highest BCUT2D eigenvalue weighted by Gasteiger charge is 2.17. The zero-order valence-electron chi connectivity index (χ0n) is 17.7. The second-order valence-electron chi connectivity index (χ2n) is 7.26. The van der Waals surface area contributed by atoms with Crippen molar-refractivity contribution in [3.8, 4) is 17.1 Å². The fourth-order valence-corrected chi connectivity index (χ4v) is 4.01. The Hall–Kier alpha value is -3.29. The number of carbonyl (C=O) groups excluding carboxylic acids is 1. The largest absolute Gasteiger partial charge is 0.378 e. The van der Waals surface area contributed by atoms with E-state index in [1.54, 1.807) is 0 Å². The summed E-state index contributed by atoms with van der Waals surface area (Å²) >= 11 is 7.41. The van der Waals surface area contributed by atoms with Gasteiger partial charge in [-0.25, -0.2) is 0 Å². The fraction of sp³-hybridized carbons (Fsp3) is 0.125. The number of benzene rings is 3. The van der Waals surface area contributed by atoms with Crippen molar-refractivity contribution in [2.24, 2.45) is 0 Å². The molecule has 32 heavy (non-hydrogen) atoms. The van der Waals surface area contributed by atoms with Gasteiger partial charge in [-0.05, 0) is 48.5 Å². The van der Waals surface area contributed by atoms with Crippen LogP contribution in [0.5, 0.6) is 0 Å².